The van der Waals surface area contributed by atoms with Crippen molar-refractivity contribution < 1.29 is 19.1 Å². The van der Waals surface area contributed by atoms with E-state index in [1.807, 2.05) is 0 Å². The highest BCUT2D eigenvalue weighted by molar-refractivity contribution is 6.31. The summed E-state index contributed by atoms with van der Waals surface area (Å²) in [7, 11) is 1.46. The van der Waals surface area contributed by atoms with Crippen LogP contribution in [-0.2, 0) is 9.53 Å². The summed E-state index contributed by atoms with van der Waals surface area (Å²) in [4.78, 5) is 24.4. The molecule has 0 unspecified atom stereocenters. The predicted octanol–water partition coefficient (Wildman–Crippen LogP) is 3.59. The zero-order valence-corrected chi connectivity index (χ0v) is 14.9. The summed E-state index contributed by atoms with van der Waals surface area (Å²) in [6, 6.07) is 4.68. The van der Waals surface area contributed by atoms with Crippen molar-refractivity contribution in [2.45, 2.75) is 45.1 Å². The number of benzene rings is 1. The average molecular weight is 354 g/mol. The lowest BCUT2D eigenvalue weighted by molar-refractivity contribution is -0.129. The summed E-state index contributed by atoms with van der Waals surface area (Å²) in [5.41, 5.74) is 0.205. The van der Waals surface area contributed by atoms with Gasteiger partial charge in [-0.25, -0.2) is 4.79 Å². The van der Waals surface area contributed by atoms with Gasteiger partial charge in [0.05, 0.1) is 7.11 Å². The molecule has 0 heterocycles. The lowest BCUT2D eigenvalue weighted by Crippen LogP contribution is -2.38. The first kappa shape index (κ1) is 18.6. The van der Waals surface area contributed by atoms with E-state index in [-0.39, 0.29) is 11.5 Å². The molecular formula is C18H24ClNO4. The van der Waals surface area contributed by atoms with Crippen LogP contribution in [0.2, 0.25) is 5.02 Å². The highest BCUT2D eigenvalue weighted by Gasteiger charge is 2.22. The monoisotopic (exact) mass is 353 g/mol. The van der Waals surface area contributed by atoms with Gasteiger partial charge < -0.3 is 14.8 Å². The van der Waals surface area contributed by atoms with Gasteiger partial charge in [0.15, 0.2) is 6.10 Å². The number of hydrogen-bond donors (Lipinski definition) is 1. The molecule has 1 fully saturated rings. The number of ether oxygens (including phenoxy) is 2. The Hall–Kier alpha value is -1.75. The molecule has 1 amide bonds. The molecule has 1 aliphatic carbocycles. The summed E-state index contributed by atoms with van der Waals surface area (Å²) >= 11 is 5.91. The molecule has 0 saturated heterocycles. The van der Waals surface area contributed by atoms with E-state index in [9.17, 15) is 9.59 Å². The van der Waals surface area contributed by atoms with Crippen LogP contribution >= 0.6 is 11.6 Å². The molecular weight excluding hydrogens is 330 g/mol. The van der Waals surface area contributed by atoms with Gasteiger partial charge in [-0.15, -0.1) is 0 Å². The van der Waals surface area contributed by atoms with Gasteiger partial charge in [0, 0.05) is 11.6 Å². The molecule has 5 nitrogen and oxygen atoms in total. The summed E-state index contributed by atoms with van der Waals surface area (Å²) in [5, 5.41) is 3.28. The van der Waals surface area contributed by atoms with Crippen molar-refractivity contribution in [3.63, 3.8) is 0 Å². The second kappa shape index (κ2) is 8.92. The van der Waals surface area contributed by atoms with Gasteiger partial charge in [-0.05, 0) is 43.9 Å². The Balaban J connectivity index is 1.88. The van der Waals surface area contributed by atoms with E-state index in [2.05, 4.69) is 5.32 Å². The third kappa shape index (κ3) is 5.13. The fraction of sp³-hybridized carbons (Fsp3) is 0.556. The van der Waals surface area contributed by atoms with Crippen LogP contribution in [0.5, 0.6) is 5.75 Å². The Morgan fingerprint density at radius 2 is 2.00 bits per heavy atom. The SMILES string of the molecule is COc1ccc(Cl)cc1C(=O)O[C@H](C)C(=O)NCC1CCCCC1. The third-order valence-corrected chi connectivity index (χ3v) is 4.56. The highest BCUT2D eigenvalue weighted by Crippen LogP contribution is 2.24. The number of rotatable bonds is 6. The molecule has 1 N–H and O–H groups in total. The van der Waals surface area contributed by atoms with Crippen LogP contribution in [0.1, 0.15) is 49.4 Å². The van der Waals surface area contributed by atoms with E-state index in [0.717, 1.165) is 12.8 Å². The van der Waals surface area contributed by atoms with Crippen LogP contribution in [0.15, 0.2) is 18.2 Å². The predicted molar refractivity (Wildman–Crippen MR) is 92.5 cm³/mol. The zero-order valence-electron chi connectivity index (χ0n) is 14.1. The van der Waals surface area contributed by atoms with E-state index in [1.54, 1.807) is 19.1 Å². The van der Waals surface area contributed by atoms with Crippen molar-refractivity contribution in [2.24, 2.45) is 5.92 Å². The lowest BCUT2D eigenvalue weighted by Gasteiger charge is -2.22. The van der Waals surface area contributed by atoms with E-state index in [4.69, 9.17) is 21.1 Å². The van der Waals surface area contributed by atoms with Crippen LogP contribution < -0.4 is 10.1 Å². The second-order valence-corrected chi connectivity index (χ2v) is 6.58. The van der Waals surface area contributed by atoms with Crippen LogP contribution in [0.25, 0.3) is 0 Å². The molecule has 132 valence electrons. The standard InChI is InChI=1S/C18H24ClNO4/c1-12(17(21)20-11-13-6-4-3-5-7-13)24-18(22)15-10-14(19)8-9-16(15)23-2/h8-10,12-13H,3-7,11H2,1-2H3,(H,20,21)/t12-/m1/s1. The number of nitrogens with one attached hydrogen (secondary N) is 1. The molecule has 0 spiro atoms. The number of halogens is 1. The Bertz CT molecular complexity index is 584. The fourth-order valence-electron chi connectivity index (χ4n) is 2.90. The molecule has 0 aliphatic heterocycles. The lowest BCUT2D eigenvalue weighted by atomic mass is 9.89. The van der Waals surface area contributed by atoms with Gasteiger partial charge in [0.1, 0.15) is 11.3 Å². The second-order valence-electron chi connectivity index (χ2n) is 6.14. The molecule has 1 aliphatic rings. The van der Waals surface area contributed by atoms with Gasteiger partial charge in [-0.1, -0.05) is 30.9 Å². The maximum Gasteiger partial charge on any atom is 0.342 e. The van der Waals surface area contributed by atoms with E-state index in [0.29, 0.717) is 23.2 Å². The topological polar surface area (TPSA) is 64.6 Å². The maximum absolute atomic E-state index is 12.3. The summed E-state index contributed by atoms with van der Waals surface area (Å²) in [6.45, 7) is 2.20. The molecule has 2 rings (SSSR count). The minimum atomic E-state index is -0.871. The number of carbonyl (C=O) groups excluding carboxylic acids is 2. The molecule has 1 saturated carbocycles. The van der Waals surface area contributed by atoms with Crippen molar-refractivity contribution in [3.8, 4) is 5.75 Å². The van der Waals surface area contributed by atoms with Crippen molar-refractivity contribution in [2.75, 3.05) is 13.7 Å². The minimum Gasteiger partial charge on any atom is -0.496 e. The Kier molecular flexibility index (Phi) is 6.91. The molecule has 1 atom stereocenters. The first-order valence-electron chi connectivity index (χ1n) is 8.33. The third-order valence-electron chi connectivity index (χ3n) is 4.32. The minimum absolute atomic E-state index is 0.205. The summed E-state index contributed by atoms with van der Waals surface area (Å²) in [6.07, 6.45) is 5.14. The number of esters is 1. The molecule has 0 bridgehead atoms. The summed E-state index contributed by atoms with van der Waals surface area (Å²) < 4.78 is 10.4. The van der Waals surface area contributed by atoms with Gasteiger partial charge in [0.25, 0.3) is 5.91 Å². The van der Waals surface area contributed by atoms with Crippen LogP contribution in [-0.4, -0.2) is 31.6 Å². The first-order chi connectivity index (χ1) is 11.5. The normalized spacial score (nSPS) is 16.3. The van der Waals surface area contributed by atoms with Crippen molar-refractivity contribution in [1.82, 2.24) is 5.32 Å². The Morgan fingerprint density at radius 1 is 1.29 bits per heavy atom. The molecule has 24 heavy (non-hydrogen) atoms. The van der Waals surface area contributed by atoms with Crippen molar-refractivity contribution in [3.05, 3.63) is 28.8 Å². The van der Waals surface area contributed by atoms with Crippen LogP contribution in [0.4, 0.5) is 0 Å². The van der Waals surface area contributed by atoms with Crippen LogP contribution in [0.3, 0.4) is 0 Å². The molecule has 1 aromatic rings. The van der Waals surface area contributed by atoms with Crippen molar-refractivity contribution in [1.29, 1.82) is 0 Å². The van der Waals surface area contributed by atoms with Gasteiger partial charge in [0.2, 0.25) is 0 Å². The van der Waals surface area contributed by atoms with E-state index >= 15 is 0 Å². The highest BCUT2D eigenvalue weighted by atomic mass is 35.5. The van der Waals surface area contributed by atoms with Gasteiger partial charge in [-0.3, -0.25) is 4.79 Å². The largest absolute Gasteiger partial charge is 0.496 e. The van der Waals surface area contributed by atoms with Gasteiger partial charge in [-0.2, -0.15) is 0 Å². The first-order valence-corrected chi connectivity index (χ1v) is 8.71. The number of methoxy groups -OCH3 is 1. The maximum atomic E-state index is 12.3. The smallest absolute Gasteiger partial charge is 0.342 e. The quantitative estimate of drug-likeness (QED) is 0.794. The molecule has 0 aromatic heterocycles. The average Bonchev–Trinajstić information content (AvgIpc) is 2.60. The van der Waals surface area contributed by atoms with Gasteiger partial charge >= 0.3 is 5.97 Å². The van der Waals surface area contributed by atoms with Crippen LogP contribution in [0, 0.1) is 5.92 Å². The van der Waals surface area contributed by atoms with Crippen molar-refractivity contribution >= 4 is 23.5 Å². The number of hydrogen-bond acceptors (Lipinski definition) is 4. The number of amides is 1. The number of carbonyl (C=O) groups is 2. The zero-order chi connectivity index (χ0) is 17.5. The molecule has 0 radical (unpaired) electrons. The van der Waals surface area contributed by atoms with E-state index < -0.39 is 12.1 Å². The summed E-state index contributed by atoms with van der Waals surface area (Å²) in [5.74, 6) is -0.0255. The van der Waals surface area contributed by atoms with E-state index in [1.165, 1.54) is 32.4 Å². The Morgan fingerprint density at radius 3 is 2.67 bits per heavy atom. The molecule has 1 aromatic carbocycles. The fourth-order valence-corrected chi connectivity index (χ4v) is 3.07. The molecule has 6 heteroatoms. The Labute approximate surface area is 147 Å².